The van der Waals surface area contributed by atoms with Crippen molar-refractivity contribution >= 4 is 16.7 Å². The number of aliphatic hydroxyl groups excluding tert-OH is 1. The molecule has 0 atom stereocenters. The molecule has 0 saturated carbocycles. The Morgan fingerprint density at radius 1 is 1.30 bits per heavy atom. The third kappa shape index (κ3) is 2.75. The Kier molecular flexibility index (Phi) is 3.46. The summed E-state index contributed by atoms with van der Waals surface area (Å²) in [7, 11) is 0. The summed E-state index contributed by atoms with van der Waals surface area (Å²) in [5.74, 6) is -2.64. The van der Waals surface area contributed by atoms with E-state index in [1.807, 2.05) is 20.8 Å². The van der Waals surface area contributed by atoms with Crippen molar-refractivity contribution in [2.75, 3.05) is 12.3 Å². The number of fused-ring (bicyclic) bond motifs is 1. The van der Waals surface area contributed by atoms with E-state index in [0.29, 0.717) is 22.5 Å². The van der Waals surface area contributed by atoms with Crippen molar-refractivity contribution in [1.29, 1.82) is 0 Å². The van der Waals surface area contributed by atoms with Crippen LogP contribution in [0.1, 0.15) is 26.6 Å². The van der Waals surface area contributed by atoms with E-state index in [1.54, 1.807) is 18.2 Å². The molecule has 0 bridgehead atoms. The van der Waals surface area contributed by atoms with E-state index in [2.05, 4.69) is 4.98 Å². The SMILES string of the molecule is CC(C)(C)c1nc2cc(N)ccc2n1CC(F)(F)CO. The quantitative estimate of drug-likeness (QED) is 0.851. The molecule has 3 N–H and O–H groups in total. The number of hydrogen-bond donors (Lipinski definition) is 2. The molecule has 1 aromatic heterocycles. The van der Waals surface area contributed by atoms with Gasteiger partial charge in [-0.3, -0.25) is 0 Å². The summed E-state index contributed by atoms with van der Waals surface area (Å²) in [4.78, 5) is 4.43. The van der Waals surface area contributed by atoms with Gasteiger partial charge in [0.2, 0.25) is 0 Å². The number of imidazole rings is 1. The van der Waals surface area contributed by atoms with Crippen molar-refractivity contribution in [1.82, 2.24) is 9.55 Å². The van der Waals surface area contributed by atoms with Crippen LogP contribution in [0.2, 0.25) is 0 Å². The Labute approximate surface area is 116 Å². The van der Waals surface area contributed by atoms with Crippen LogP contribution in [0, 0.1) is 0 Å². The molecular formula is C14H19F2N3O. The second-order valence-corrected chi connectivity index (χ2v) is 6.03. The van der Waals surface area contributed by atoms with Crippen molar-refractivity contribution in [2.24, 2.45) is 0 Å². The molecule has 0 amide bonds. The second-order valence-electron chi connectivity index (χ2n) is 6.03. The predicted octanol–water partition coefficient (Wildman–Crippen LogP) is 2.54. The average molecular weight is 283 g/mol. The zero-order chi connectivity index (χ0) is 15.1. The number of rotatable bonds is 3. The minimum atomic E-state index is -3.19. The van der Waals surface area contributed by atoms with E-state index in [1.165, 1.54) is 4.57 Å². The van der Waals surface area contributed by atoms with Crippen molar-refractivity contribution in [3.8, 4) is 0 Å². The summed E-state index contributed by atoms with van der Waals surface area (Å²) in [6.07, 6.45) is 0. The van der Waals surface area contributed by atoms with Crippen LogP contribution in [0.4, 0.5) is 14.5 Å². The molecular weight excluding hydrogens is 264 g/mol. The van der Waals surface area contributed by atoms with Gasteiger partial charge in [-0.15, -0.1) is 0 Å². The molecule has 2 rings (SSSR count). The Bertz CT molecular complexity index is 629. The lowest BCUT2D eigenvalue weighted by Crippen LogP contribution is -2.31. The number of nitrogen functional groups attached to an aromatic ring is 1. The largest absolute Gasteiger partial charge is 0.399 e. The number of nitrogens with two attached hydrogens (primary N) is 1. The van der Waals surface area contributed by atoms with Gasteiger partial charge >= 0.3 is 0 Å². The highest BCUT2D eigenvalue weighted by Crippen LogP contribution is 2.30. The fourth-order valence-electron chi connectivity index (χ4n) is 2.16. The third-order valence-electron chi connectivity index (χ3n) is 3.06. The van der Waals surface area contributed by atoms with Crippen LogP contribution >= 0.6 is 0 Å². The molecule has 20 heavy (non-hydrogen) atoms. The maximum absolute atomic E-state index is 13.6. The molecule has 0 saturated heterocycles. The first kappa shape index (κ1) is 14.7. The van der Waals surface area contributed by atoms with Gasteiger partial charge in [0.05, 0.1) is 17.6 Å². The van der Waals surface area contributed by atoms with Crippen LogP contribution in [0.5, 0.6) is 0 Å². The molecule has 0 fully saturated rings. The molecule has 6 heteroatoms. The second kappa shape index (κ2) is 4.70. The van der Waals surface area contributed by atoms with Crippen molar-refractivity contribution in [2.45, 2.75) is 38.7 Å². The summed E-state index contributed by atoms with van der Waals surface area (Å²) < 4.78 is 28.6. The van der Waals surface area contributed by atoms with Crippen LogP contribution < -0.4 is 5.73 Å². The summed E-state index contributed by atoms with van der Waals surface area (Å²) in [5, 5.41) is 8.80. The lowest BCUT2D eigenvalue weighted by Gasteiger charge is -2.23. The molecule has 4 nitrogen and oxygen atoms in total. The van der Waals surface area contributed by atoms with E-state index in [-0.39, 0.29) is 5.41 Å². The summed E-state index contributed by atoms with van der Waals surface area (Å²) in [6, 6.07) is 5.00. The number of anilines is 1. The Morgan fingerprint density at radius 2 is 1.95 bits per heavy atom. The topological polar surface area (TPSA) is 64.1 Å². The molecule has 0 spiro atoms. The lowest BCUT2D eigenvalue weighted by atomic mass is 9.95. The van der Waals surface area contributed by atoms with Crippen LogP contribution in [0.15, 0.2) is 18.2 Å². The number of halogens is 2. The molecule has 1 aromatic carbocycles. The van der Waals surface area contributed by atoms with E-state index in [9.17, 15) is 8.78 Å². The lowest BCUT2D eigenvalue weighted by molar-refractivity contribution is -0.0629. The number of benzene rings is 1. The third-order valence-corrected chi connectivity index (χ3v) is 3.06. The highest BCUT2D eigenvalue weighted by atomic mass is 19.3. The molecule has 0 unspecified atom stereocenters. The van der Waals surface area contributed by atoms with Gasteiger partial charge in [-0.05, 0) is 18.2 Å². The Balaban J connectivity index is 2.65. The number of aromatic nitrogens is 2. The standard InChI is InChI=1S/C14H19F2N3O/c1-13(2,3)12-18-10-6-9(17)4-5-11(10)19(12)7-14(15,16)8-20/h4-6,20H,7-8,17H2,1-3H3. The summed E-state index contributed by atoms with van der Waals surface area (Å²) in [5.41, 5.74) is 7.04. The van der Waals surface area contributed by atoms with Crippen LogP contribution in [-0.4, -0.2) is 27.2 Å². The maximum atomic E-state index is 13.6. The van der Waals surface area contributed by atoms with Gasteiger partial charge in [-0.1, -0.05) is 20.8 Å². The number of aliphatic hydroxyl groups is 1. The smallest absolute Gasteiger partial charge is 0.288 e. The molecule has 2 aromatic rings. The average Bonchev–Trinajstić information content (AvgIpc) is 2.66. The zero-order valence-corrected chi connectivity index (χ0v) is 11.8. The fourth-order valence-corrected chi connectivity index (χ4v) is 2.16. The molecule has 110 valence electrons. The van der Waals surface area contributed by atoms with Gasteiger partial charge in [-0.2, -0.15) is 0 Å². The van der Waals surface area contributed by atoms with Crippen molar-refractivity contribution in [3.63, 3.8) is 0 Å². The van der Waals surface area contributed by atoms with E-state index >= 15 is 0 Å². The first-order valence-electron chi connectivity index (χ1n) is 6.39. The van der Waals surface area contributed by atoms with Gasteiger partial charge in [0.15, 0.2) is 0 Å². The normalized spacial score (nSPS) is 13.1. The summed E-state index contributed by atoms with van der Waals surface area (Å²) >= 11 is 0. The van der Waals surface area contributed by atoms with Crippen molar-refractivity contribution < 1.29 is 13.9 Å². The fraction of sp³-hybridized carbons (Fsp3) is 0.500. The Morgan fingerprint density at radius 3 is 2.50 bits per heavy atom. The minimum Gasteiger partial charge on any atom is -0.399 e. The van der Waals surface area contributed by atoms with Gasteiger partial charge in [0.1, 0.15) is 12.4 Å². The minimum absolute atomic E-state index is 0.390. The number of alkyl halides is 2. The van der Waals surface area contributed by atoms with Gasteiger partial charge in [-0.25, -0.2) is 13.8 Å². The maximum Gasteiger partial charge on any atom is 0.288 e. The van der Waals surface area contributed by atoms with Crippen LogP contribution in [0.3, 0.4) is 0 Å². The summed E-state index contributed by atoms with van der Waals surface area (Å²) in [6.45, 7) is 3.93. The highest BCUT2D eigenvalue weighted by Gasteiger charge is 2.32. The molecule has 1 heterocycles. The number of hydrogen-bond acceptors (Lipinski definition) is 3. The molecule has 0 radical (unpaired) electrons. The van der Waals surface area contributed by atoms with Gasteiger partial charge in [0, 0.05) is 11.1 Å². The monoisotopic (exact) mass is 283 g/mol. The Hall–Kier alpha value is -1.69. The highest BCUT2D eigenvalue weighted by molar-refractivity contribution is 5.80. The van der Waals surface area contributed by atoms with Gasteiger partial charge in [0.25, 0.3) is 5.92 Å². The first-order valence-corrected chi connectivity index (χ1v) is 6.39. The van der Waals surface area contributed by atoms with Gasteiger partial charge < -0.3 is 15.4 Å². The first-order chi connectivity index (χ1) is 9.14. The van der Waals surface area contributed by atoms with E-state index in [0.717, 1.165) is 0 Å². The molecule has 0 aliphatic rings. The number of nitrogens with zero attached hydrogens (tertiary/aromatic N) is 2. The van der Waals surface area contributed by atoms with E-state index < -0.39 is 19.1 Å². The molecule has 0 aliphatic heterocycles. The van der Waals surface area contributed by atoms with Crippen molar-refractivity contribution in [3.05, 3.63) is 24.0 Å². The molecule has 0 aliphatic carbocycles. The predicted molar refractivity (Wildman–Crippen MR) is 74.9 cm³/mol. The van der Waals surface area contributed by atoms with Crippen LogP contribution in [-0.2, 0) is 12.0 Å². The zero-order valence-electron chi connectivity index (χ0n) is 11.8. The van der Waals surface area contributed by atoms with Crippen LogP contribution in [0.25, 0.3) is 11.0 Å². The van der Waals surface area contributed by atoms with E-state index in [4.69, 9.17) is 10.8 Å².